The molecule has 196 valence electrons. The van der Waals surface area contributed by atoms with E-state index in [9.17, 15) is 13.2 Å². The average molecular weight is 528 g/mol. The van der Waals surface area contributed by atoms with Crippen LogP contribution in [0.15, 0.2) is 53.6 Å². The summed E-state index contributed by atoms with van der Waals surface area (Å²) >= 11 is 0. The fourth-order valence-corrected chi connectivity index (χ4v) is 5.00. The molecule has 12 heteroatoms. The molecule has 0 saturated carbocycles. The second-order valence-electron chi connectivity index (χ2n) is 8.36. The molecular formula is C25H29N5O6S. The van der Waals surface area contributed by atoms with Gasteiger partial charge in [0.15, 0.2) is 11.4 Å². The van der Waals surface area contributed by atoms with Crippen molar-refractivity contribution in [2.45, 2.75) is 19.5 Å². The van der Waals surface area contributed by atoms with E-state index in [1.165, 1.54) is 16.2 Å². The molecule has 1 atom stereocenters. The molecule has 11 nitrogen and oxygen atoms in total. The van der Waals surface area contributed by atoms with Gasteiger partial charge >= 0.3 is 5.69 Å². The summed E-state index contributed by atoms with van der Waals surface area (Å²) in [4.78, 5) is 27.3. The van der Waals surface area contributed by atoms with Gasteiger partial charge in [0.1, 0.15) is 9.84 Å². The lowest BCUT2D eigenvalue weighted by Crippen LogP contribution is -2.32. The number of aromatic nitrogens is 5. The molecule has 0 aliphatic rings. The van der Waals surface area contributed by atoms with Crippen LogP contribution in [0.2, 0.25) is 0 Å². The standard InChI is InChI=1S/C25H29N5O6S/c1-5-36-24-22(35-3)10-9-19(28-24)21(16-37(4,32)33)30-23-20(29(25(30)31)12-13-34-2)14-17(15-27-23)18-8-6-7-11-26-18/h6-11,14-15,21H,5,12-13,16H2,1-4H3/t21-/m1/s1. The molecule has 4 heterocycles. The molecule has 0 radical (unpaired) electrons. The number of rotatable bonds is 11. The zero-order valence-corrected chi connectivity index (χ0v) is 21.9. The van der Waals surface area contributed by atoms with E-state index >= 15 is 0 Å². The number of fused-ring (bicyclic) bond motifs is 1. The van der Waals surface area contributed by atoms with Gasteiger partial charge in [0, 0.05) is 31.3 Å². The minimum Gasteiger partial charge on any atom is -0.491 e. The number of methoxy groups -OCH3 is 2. The third kappa shape index (κ3) is 5.65. The molecule has 0 unspecified atom stereocenters. The lowest BCUT2D eigenvalue weighted by molar-refractivity contribution is 0.187. The van der Waals surface area contributed by atoms with Gasteiger partial charge in [-0.25, -0.2) is 23.2 Å². The third-order valence-electron chi connectivity index (χ3n) is 5.74. The van der Waals surface area contributed by atoms with Crippen molar-refractivity contribution in [1.29, 1.82) is 0 Å². The number of ether oxygens (including phenoxy) is 3. The van der Waals surface area contributed by atoms with E-state index in [1.54, 1.807) is 38.6 Å². The Kier molecular flexibility index (Phi) is 7.89. The smallest absolute Gasteiger partial charge is 0.331 e. The van der Waals surface area contributed by atoms with Crippen LogP contribution < -0.4 is 15.2 Å². The first-order chi connectivity index (χ1) is 17.8. The third-order valence-corrected chi connectivity index (χ3v) is 6.67. The Morgan fingerprint density at radius 3 is 2.57 bits per heavy atom. The van der Waals surface area contributed by atoms with Gasteiger partial charge in [0.25, 0.3) is 5.88 Å². The summed E-state index contributed by atoms with van der Waals surface area (Å²) in [7, 11) is -0.512. The zero-order valence-electron chi connectivity index (χ0n) is 21.1. The Labute approximate surface area is 214 Å². The summed E-state index contributed by atoms with van der Waals surface area (Å²) in [5.74, 6) is 0.240. The number of nitrogens with zero attached hydrogens (tertiary/aromatic N) is 5. The number of pyridine rings is 3. The maximum atomic E-state index is 13.8. The van der Waals surface area contributed by atoms with E-state index in [1.807, 2.05) is 24.3 Å². The van der Waals surface area contributed by atoms with Gasteiger partial charge in [0.2, 0.25) is 0 Å². The van der Waals surface area contributed by atoms with Crippen molar-refractivity contribution in [2.75, 3.05) is 39.4 Å². The molecule has 0 aromatic carbocycles. The normalized spacial score (nSPS) is 12.5. The molecule has 0 aliphatic heterocycles. The summed E-state index contributed by atoms with van der Waals surface area (Å²) in [6, 6.07) is 9.65. The molecule has 4 aromatic heterocycles. The average Bonchev–Trinajstić information content (AvgIpc) is 3.16. The van der Waals surface area contributed by atoms with E-state index in [0.29, 0.717) is 34.9 Å². The first kappa shape index (κ1) is 26.3. The lowest BCUT2D eigenvalue weighted by Gasteiger charge is -2.19. The van der Waals surface area contributed by atoms with Crippen molar-refractivity contribution in [1.82, 2.24) is 24.1 Å². The van der Waals surface area contributed by atoms with Crippen molar-refractivity contribution < 1.29 is 22.6 Å². The van der Waals surface area contributed by atoms with Gasteiger partial charge in [-0.05, 0) is 37.3 Å². The van der Waals surface area contributed by atoms with Gasteiger partial charge < -0.3 is 14.2 Å². The number of sulfone groups is 1. The SMILES string of the molecule is CCOc1nc([C@@H](CS(C)(=O)=O)n2c(=O)n(CCOC)c3cc(-c4ccccn4)cnc32)ccc1OC. The second-order valence-corrected chi connectivity index (χ2v) is 10.5. The minimum absolute atomic E-state index is 0.211. The predicted octanol–water partition coefficient (Wildman–Crippen LogP) is 2.34. The van der Waals surface area contributed by atoms with Crippen LogP contribution in [0.5, 0.6) is 11.6 Å². The number of imidazole rings is 1. The minimum atomic E-state index is -3.55. The number of hydrogen-bond acceptors (Lipinski definition) is 9. The van der Waals surface area contributed by atoms with Gasteiger partial charge in [-0.2, -0.15) is 0 Å². The Morgan fingerprint density at radius 1 is 1.11 bits per heavy atom. The van der Waals surface area contributed by atoms with Crippen molar-refractivity contribution in [2.24, 2.45) is 0 Å². The molecule has 0 N–H and O–H groups in total. The van der Waals surface area contributed by atoms with Crippen LogP contribution >= 0.6 is 0 Å². The van der Waals surface area contributed by atoms with E-state index in [-0.39, 0.29) is 24.8 Å². The van der Waals surface area contributed by atoms with Gasteiger partial charge in [-0.1, -0.05) is 6.07 Å². The highest BCUT2D eigenvalue weighted by Gasteiger charge is 2.28. The topological polar surface area (TPSA) is 127 Å². The molecule has 4 rings (SSSR count). The Hall–Kier alpha value is -3.77. The quantitative estimate of drug-likeness (QED) is 0.289. The van der Waals surface area contributed by atoms with Crippen LogP contribution in [0, 0.1) is 0 Å². The first-order valence-electron chi connectivity index (χ1n) is 11.6. The van der Waals surface area contributed by atoms with Crippen LogP contribution in [0.4, 0.5) is 0 Å². The Balaban J connectivity index is 1.97. The Morgan fingerprint density at radius 2 is 1.92 bits per heavy atom. The van der Waals surface area contributed by atoms with Crippen LogP contribution in [-0.2, 0) is 21.1 Å². The van der Waals surface area contributed by atoms with E-state index < -0.39 is 21.6 Å². The van der Waals surface area contributed by atoms with Gasteiger partial charge in [0.05, 0.1) is 55.6 Å². The highest BCUT2D eigenvalue weighted by molar-refractivity contribution is 7.90. The van der Waals surface area contributed by atoms with Crippen molar-refractivity contribution in [3.8, 4) is 22.9 Å². The summed E-state index contributed by atoms with van der Waals surface area (Å²) in [5, 5.41) is 0. The van der Waals surface area contributed by atoms with E-state index in [2.05, 4.69) is 15.0 Å². The largest absolute Gasteiger partial charge is 0.491 e. The zero-order chi connectivity index (χ0) is 26.6. The van der Waals surface area contributed by atoms with Gasteiger partial charge in [-0.3, -0.25) is 14.1 Å². The molecule has 0 saturated heterocycles. The molecule has 37 heavy (non-hydrogen) atoms. The molecule has 0 bridgehead atoms. The predicted molar refractivity (Wildman–Crippen MR) is 139 cm³/mol. The maximum absolute atomic E-state index is 13.8. The summed E-state index contributed by atoms with van der Waals surface area (Å²) in [5.41, 5.74) is 2.17. The molecule has 0 fully saturated rings. The van der Waals surface area contributed by atoms with Crippen LogP contribution in [0.25, 0.3) is 22.4 Å². The maximum Gasteiger partial charge on any atom is 0.331 e. The second kappa shape index (κ2) is 11.1. The fraction of sp³-hybridized carbons (Fsp3) is 0.360. The molecule has 4 aromatic rings. The van der Waals surface area contributed by atoms with Crippen LogP contribution in [0.3, 0.4) is 0 Å². The van der Waals surface area contributed by atoms with Crippen molar-refractivity contribution in [3.05, 3.63) is 65.0 Å². The van der Waals surface area contributed by atoms with Crippen molar-refractivity contribution >= 4 is 21.0 Å². The molecule has 0 amide bonds. The number of hydrogen-bond donors (Lipinski definition) is 0. The Bertz CT molecular complexity index is 1550. The van der Waals surface area contributed by atoms with Gasteiger partial charge in [-0.15, -0.1) is 0 Å². The molecular weight excluding hydrogens is 498 g/mol. The van der Waals surface area contributed by atoms with Crippen molar-refractivity contribution in [3.63, 3.8) is 0 Å². The van der Waals surface area contributed by atoms with Crippen LogP contribution in [-0.4, -0.2) is 71.9 Å². The van der Waals surface area contributed by atoms with E-state index in [4.69, 9.17) is 14.2 Å². The van der Waals surface area contributed by atoms with E-state index in [0.717, 1.165) is 11.8 Å². The van der Waals surface area contributed by atoms with Crippen LogP contribution in [0.1, 0.15) is 18.7 Å². The summed E-state index contributed by atoms with van der Waals surface area (Å²) < 4.78 is 44.1. The first-order valence-corrected chi connectivity index (χ1v) is 13.7. The highest BCUT2D eigenvalue weighted by Crippen LogP contribution is 2.30. The summed E-state index contributed by atoms with van der Waals surface area (Å²) in [6.45, 7) is 2.66. The lowest BCUT2D eigenvalue weighted by atomic mass is 10.1. The fourth-order valence-electron chi connectivity index (χ4n) is 4.11. The monoisotopic (exact) mass is 527 g/mol. The highest BCUT2D eigenvalue weighted by atomic mass is 32.2. The molecule has 0 spiro atoms. The molecule has 0 aliphatic carbocycles. The summed E-state index contributed by atoms with van der Waals surface area (Å²) in [6.07, 6.45) is 4.41.